The summed E-state index contributed by atoms with van der Waals surface area (Å²) in [7, 11) is -3.41. The molecule has 14 heavy (non-hydrogen) atoms. The van der Waals surface area contributed by atoms with E-state index in [4.69, 9.17) is 11.5 Å². The minimum Gasteiger partial charge on any atom is -0.384 e. The molecular weight excluding hydrogens is 204 g/mol. The maximum absolute atomic E-state index is 11.1. The zero-order valence-corrected chi connectivity index (χ0v) is 8.58. The summed E-state index contributed by atoms with van der Waals surface area (Å²) in [6, 6.07) is 1.52. The quantitative estimate of drug-likeness (QED) is 0.624. The second-order valence-corrected chi connectivity index (χ2v) is 4.79. The summed E-state index contributed by atoms with van der Waals surface area (Å²) in [4.78, 5) is 7.46. The van der Waals surface area contributed by atoms with E-state index in [1.165, 1.54) is 6.07 Å². The Kier molecular flexibility index (Phi) is 3.02. The lowest BCUT2D eigenvalue weighted by molar-refractivity contribution is 0.592. The molecule has 78 valence electrons. The predicted octanol–water partition coefficient (Wildman–Crippen LogP) is -1.04. The van der Waals surface area contributed by atoms with Gasteiger partial charge < -0.3 is 11.5 Å². The molecule has 1 heterocycles. The van der Waals surface area contributed by atoms with Gasteiger partial charge in [0.25, 0.3) is 0 Å². The van der Waals surface area contributed by atoms with Crippen molar-refractivity contribution in [3.05, 3.63) is 11.8 Å². The third-order valence-electron chi connectivity index (χ3n) is 1.51. The molecule has 0 saturated carbocycles. The van der Waals surface area contributed by atoms with E-state index in [0.717, 1.165) is 6.26 Å². The number of rotatable bonds is 3. The Bertz CT molecular complexity index is 429. The van der Waals surface area contributed by atoms with Gasteiger partial charge in [-0.15, -0.1) is 0 Å². The van der Waals surface area contributed by atoms with E-state index < -0.39 is 9.84 Å². The van der Waals surface area contributed by atoms with Gasteiger partial charge in [-0.05, 0) is 6.54 Å². The lowest BCUT2D eigenvalue weighted by Crippen LogP contribution is -2.11. The Morgan fingerprint density at radius 3 is 2.57 bits per heavy atom. The summed E-state index contributed by atoms with van der Waals surface area (Å²) in [5.74, 6) is 0.142. The number of hydrogen-bond acceptors (Lipinski definition) is 6. The highest BCUT2D eigenvalue weighted by molar-refractivity contribution is 7.90. The fourth-order valence-electron chi connectivity index (χ4n) is 0.935. The molecule has 0 amide bonds. The first kappa shape index (κ1) is 10.9. The van der Waals surface area contributed by atoms with Gasteiger partial charge in [-0.2, -0.15) is 0 Å². The molecule has 0 fully saturated rings. The fraction of sp³-hybridized carbons (Fsp3) is 0.429. The van der Waals surface area contributed by atoms with E-state index in [1.54, 1.807) is 0 Å². The van der Waals surface area contributed by atoms with Crippen LogP contribution in [0.2, 0.25) is 0 Å². The summed E-state index contributed by atoms with van der Waals surface area (Å²) in [5.41, 5.74) is 11.3. The van der Waals surface area contributed by atoms with Crippen LogP contribution in [0.15, 0.2) is 11.2 Å². The molecule has 0 spiro atoms. The first-order valence-corrected chi connectivity index (χ1v) is 5.86. The van der Waals surface area contributed by atoms with Crippen LogP contribution in [0.25, 0.3) is 0 Å². The number of sulfone groups is 1. The maximum Gasteiger partial charge on any atom is 0.248 e. The van der Waals surface area contributed by atoms with Crippen LogP contribution in [0.3, 0.4) is 0 Å². The van der Waals surface area contributed by atoms with Crippen molar-refractivity contribution in [2.75, 3.05) is 18.5 Å². The molecule has 0 saturated heterocycles. The second-order valence-electron chi connectivity index (χ2n) is 2.88. The molecular formula is C7H12N4O2S. The van der Waals surface area contributed by atoms with E-state index in [1.807, 2.05) is 0 Å². The molecule has 4 N–H and O–H groups in total. The van der Waals surface area contributed by atoms with Gasteiger partial charge in [-0.3, -0.25) is 0 Å². The monoisotopic (exact) mass is 216 g/mol. The van der Waals surface area contributed by atoms with Crippen LogP contribution in [0.5, 0.6) is 0 Å². The number of nitrogens with zero attached hydrogens (tertiary/aromatic N) is 2. The molecule has 0 bridgehead atoms. The standard InChI is InChI=1S/C7H12N4O2S/c1-14(12,13)7-10-5(2-3-8)4-6(9)11-7/h4H,2-3,8H2,1H3,(H2,9,10,11). The molecule has 7 heteroatoms. The minimum atomic E-state index is -3.41. The van der Waals surface area contributed by atoms with E-state index in [2.05, 4.69) is 9.97 Å². The molecule has 0 aliphatic rings. The molecule has 0 aliphatic carbocycles. The van der Waals surface area contributed by atoms with Crippen molar-refractivity contribution in [2.24, 2.45) is 5.73 Å². The van der Waals surface area contributed by atoms with Crippen LogP contribution in [0.4, 0.5) is 5.82 Å². The number of aromatic nitrogens is 2. The van der Waals surface area contributed by atoms with Gasteiger partial charge in [0.1, 0.15) is 5.82 Å². The molecule has 0 aliphatic heterocycles. The second kappa shape index (κ2) is 3.89. The number of nitrogens with two attached hydrogens (primary N) is 2. The Hall–Kier alpha value is -1.21. The van der Waals surface area contributed by atoms with Gasteiger partial charge in [0.05, 0.1) is 0 Å². The number of hydrogen-bond donors (Lipinski definition) is 2. The molecule has 0 atom stereocenters. The van der Waals surface area contributed by atoms with Crippen molar-refractivity contribution >= 4 is 15.7 Å². The van der Waals surface area contributed by atoms with Crippen LogP contribution in [-0.2, 0) is 16.3 Å². The van der Waals surface area contributed by atoms with Crippen LogP contribution in [0.1, 0.15) is 5.69 Å². The Morgan fingerprint density at radius 1 is 1.43 bits per heavy atom. The number of nitrogen functional groups attached to an aromatic ring is 1. The van der Waals surface area contributed by atoms with Gasteiger partial charge >= 0.3 is 0 Å². The van der Waals surface area contributed by atoms with Crippen molar-refractivity contribution in [3.63, 3.8) is 0 Å². The van der Waals surface area contributed by atoms with Gasteiger partial charge in [-0.25, -0.2) is 18.4 Å². The van der Waals surface area contributed by atoms with Gasteiger partial charge in [0.2, 0.25) is 15.0 Å². The van der Waals surface area contributed by atoms with Crippen molar-refractivity contribution in [1.82, 2.24) is 9.97 Å². The number of anilines is 1. The van der Waals surface area contributed by atoms with Crippen molar-refractivity contribution in [1.29, 1.82) is 0 Å². The zero-order chi connectivity index (χ0) is 10.8. The van der Waals surface area contributed by atoms with Gasteiger partial charge in [-0.1, -0.05) is 0 Å². The summed E-state index contributed by atoms with van der Waals surface area (Å²) in [5, 5.41) is -0.249. The van der Waals surface area contributed by atoms with Crippen LogP contribution >= 0.6 is 0 Å². The average molecular weight is 216 g/mol. The van der Waals surface area contributed by atoms with Crippen molar-refractivity contribution in [2.45, 2.75) is 11.6 Å². The van der Waals surface area contributed by atoms with Crippen LogP contribution in [0, 0.1) is 0 Å². The zero-order valence-electron chi connectivity index (χ0n) is 7.77. The van der Waals surface area contributed by atoms with E-state index in [9.17, 15) is 8.42 Å². The van der Waals surface area contributed by atoms with Gasteiger partial charge in [0, 0.05) is 24.4 Å². The van der Waals surface area contributed by atoms with E-state index >= 15 is 0 Å². The Morgan fingerprint density at radius 2 is 2.07 bits per heavy atom. The highest BCUT2D eigenvalue weighted by atomic mass is 32.2. The first-order valence-electron chi connectivity index (χ1n) is 3.97. The smallest absolute Gasteiger partial charge is 0.248 e. The van der Waals surface area contributed by atoms with E-state index in [-0.39, 0.29) is 11.0 Å². The highest BCUT2D eigenvalue weighted by Crippen LogP contribution is 2.07. The summed E-state index contributed by atoms with van der Waals surface area (Å²) < 4.78 is 22.3. The Balaban J connectivity index is 3.21. The topological polar surface area (TPSA) is 112 Å². The normalized spacial score (nSPS) is 11.6. The Labute approximate surface area is 82.3 Å². The first-order chi connectivity index (χ1) is 6.43. The maximum atomic E-state index is 11.1. The van der Waals surface area contributed by atoms with Crippen LogP contribution in [-0.4, -0.2) is 31.2 Å². The summed E-state index contributed by atoms with van der Waals surface area (Å²) >= 11 is 0. The fourth-order valence-corrected chi connectivity index (χ4v) is 1.49. The third kappa shape index (κ3) is 2.64. The molecule has 1 rings (SSSR count). The lowest BCUT2D eigenvalue weighted by Gasteiger charge is -2.02. The lowest BCUT2D eigenvalue weighted by atomic mass is 10.3. The SMILES string of the molecule is CS(=O)(=O)c1nc(N)cc(CCN)n1. The van der Waals surface area contributed by atoms with Crippen molar-refractivity contribution < 1.29 is 8.42 Å². The minimum absolute atomic E-state index is 0.142. The van der Waals surface area contributed by atoms with Crippen molar-refractivity contribution in [3.8, 4) is 0 Å². The van der Waals surface area contributed by atoms with Crippen LogP contribution < -0.4 is 11.5 Å². The highest BCUT2D eigenvalue weighted by Gasteiger charge is 2.12. The predicted molar refractivity (Wildman–Crippen MR) is 52.3 cm³/mol. The molecule has 0 aromatic carbocycles. The molecule has 0 radical (unpaired) electrons. The molecule has 0 unspecified atom stereocenters. The molecule has 6 nitrogen and oxygen atoms in total. The molecule has 1 aromatic rings. The molecule has 1 aromatic heterocycles. The largest absolute Gasteiger partial charge is 0.384 e. The van der Waals surface area contributed by atoms with E-state index in [0.29, 0.717) is 18.7 Å². The van der Waals surface area contributed by atoms with Gasteiger partial charge in [0.15, 0.2) is 0 Å². The summed E-state index contributed by atoms with van der Waals surface area (Å²) in [6.45, 7) is 0.389. The average Bonchev–Trinajstić information content (AvgIpc) is 2.02. The third-order valence-corrected chi connectivity index (χ3v) is 2.36. The summed E-state index contributed by atoms with van der Waals surface area (Å²) in [6.07, 6.45) is 1.52.